The van der Waals surface area contributed by atoms with Crippen LogP contribution in [0.4, 0.5) is 0 Å². The Morgan fingerprint density at radius 3 is 1.00 bits per heavy atom. The van der Waals surface area contributed by atoms with Gasteiger partial charge in [-0.15, -0.1) is 0 Å². The summed E-state index contributed by atoms with van der Waals surface area (Å²) in [5.74, 6) is -3.65. The molecule has 0 saturated carbocycles. The minimum atomic E-state index is -1.82. The van der Waals surface area contributed by atoms with Crippen molar-refractivity contribution in [1.29, 1.82) is 0 Å². The minimum absolute atomic E-state index is 0. The average molecular weight is 198 g/mol. The monoisotopic (exact) mass is 198 g/mol. The van der Waals surface area contributed by atoms with E-state index in [1.807, 2.05) is 0 Å². The summed E-state index contributed by atoms with van der Waals surface area (Å²) in [5, 5.41) is 14.8. The summed E-state index contributed by atoms with van der Waals surface area (Å²) in [5.41, 5.74) is 0. The molecule has 0 aromatic heterocycles. The van der Waals surface area contributed by atoms with E-state index in [1.54, 1.807) is 0 Å². The van der Waals surface area contributed by atoms with Crippen LogP contribution in [-0.2, 0) is 26.7 Å². The fourth-order valence-electron chi connectivity index (χ4n) is 0. The molecule has 0 bridgehead atoms. The predicted octanol–water partition coefficient (Wildman–Crippen LogP) is -1.35. The van der Waals surface area contributed by atoms with Gasteiger partial charge in [0.15, 0.2) is 0 Å². The molecule has 0 aliphatic carbocycles. The van der Waals surface area contributed by atoms with E-state index >= 15 is 0 Å². The van der Waals surface area contributed by atoms with E-state index in [4.69, 9.17) is 19.8 Å². The van der Waals surface area contributed by atoms with Gasteiger partial charge in [0.25, 0.3) is 0 Å². The van der Waals surface area contributed by atoms with Crippen molar-refractivity contribution >= 4 is 11.9 Å². The Hall–Kier alpha value is -0.661. The van der Waals surface area contributed by atoms with Crippen molar-refractivity contribution in [3.8, 4) is 0 Å². The van der Waals surface area contributed by atoms with Crippen molar-refractivity contribution in [3.63, 3.8) is 0 Å². The molecule has 0 aromatic carbocycles. The summed E-state index contributed by atoms with van der Waals surface area (Å²) in [7, 11) is 0. The Morgan fingerprint density at radius 2 is 1.00 bits per heavy atom. The SMILES string of the molecule is N.N.O.O=C(O)C(=O)O.[Fe]. The van der Waals surface area contributed by atoms with Crippen LogP contribution in [0.25, 0.3) is 0 Å². The zero-order chi connectivity index (χ0) is 5.15. The molecule has 0 radical (unpaired) electrons. The third-order valence-electron chi connectivity index (χ3n) is 0.183. The average Bonchev–Trinajstić information content (AvgIpc) is 1.36. The second-order valence-corrected chi connectivity index (χ2v) is 0.610. The summed E-state index contributed by atoms with van der Waals surface area (Å²) in [6, 6.07) is 0. The first-order chi connectivity index (χ1) is 2.64. The number of carboxylic acids is 2. The summed E-state index contributed by atoms with van der Waals surface area (Å²) >= 11 is 0. The van der Waals surface area contributed by atoms with Crippen molar-refractivity contribution in [2.24, 2.45) is 0 Å². The van der Waals surface area contributed by atoms with E-state index in [0.29, 0.717) is 0 Å². The van der Waals surface area contributed by atoms with Gasteiger partial charge in [0.2, 0.25) is 0 Å². The molecule has 0 heterocycles. The first kappa shape index (κ1) is 34.5. The molecule has 10 N–H and O–H groups in total. The molecular weight excluding hydrogens is 188 g/mol. The van der Waals surface area contributed by atoms with E-state index in [-0.39, 0.29) is 34.8 Å². The van der Waals surface area contributed by atoms with E-state index in [1.165, 1.54) is 0 Å². The zero-order valence-electron chi connectivity index (χ0n) is 4.98. The number of carboxylic acid groups (broad SMARTS) is 2. The minimum Gasteiger partial charge on any atom is -0.473 e. The molecule has 0 aromatic rings. The molecule has 0 spiro atoms. The van der Waals surface area contributed by atoms with Crippen molar-refractivity contribution in [2.75, 3.05) is 0 Å². The standard InChI is InChI=1S/C2H2O4.Fe.2H3N.H2O/c3-1(4)2(5)6;;;;/h(H,3,4)(H,5,6);;2*1H3;1H2. The predicted molar refractivity (Wildman–Crippen MR) is 28.9 cm³/mol. The summed E-state index contributed by atoms with van der Waals surface area (Å²) in [4.78, 5) is 18.2. The Balaban J connectivity index is -0.0000000208. The molecular formula is C2H10FeN2O5. The van der Waals surface area contributed by atoms with Gasteiger partial charge in [-0.05, 0) is 0 Å². The van der Waals surface area contributed by atoms with Crippen molar-refractivity contribution in [1.82, 2.24) is 12.3 Å². The molecule has 0 aliphatic heterocycles. The van der Waals surface area contributed by atoms with Gasteiger partial charge >= 0.3 is 11.9 Å². The van der Waals surface area contributed by atoms with Gasteiger partial charge in [-0.1, -0.05) is 0 Å². The van der Waals surface area contributed by atoms with Gasteiger partial charge in [-0.2, -0.15) is 0 Å². The molecule has 0 atom stereocenters. The van der Waals surface area contributed by atoms with Crippen LogP contribution in [0, 0.1) is 0 Å². The molecule has 0 aliphatic rings. The normalized spacial score (nSPS) is 4.40. The Bertz CT molecular complexity index is 83.6. The zero-order valence-corrected chi connectivity index (χ0v) is 6.08. The van der Waals surface area contributed by atoms with E-state index in [2.05, 4.69) is 0 Å². The van der Waals surface area contributed by atoms with E-state index < -0.39 is 11.9 Å². The molecule has 0 saturated heterocycles. The first-order valence-electron chi connectivity index (χ1n) is 1.11. The fourth-order valence-corrected chi connectivity index (χ4v) is 0. The maximum absolute atomic E-state index is 9.10. The number of rotatable bonds is 0. The molecule has 0 unspecified atom stereocenters. The smallest absolute Gasteiger partial charge is 0.414 e. The summed E-state index contributed by atoms with van der Waals surface area (Å²) in [6.45, 7) is 0. The van der Waals surface area contributed by atoms with Crippen LogP contribution in [0.3, 0.4) is 0 Å². The number of aliphatic carboxylic acids is 2. The topological polar surface area (TPSA) is 176 Å². The molecule has 10 heavy (non-hydrogen) atoms. The second kappa shape index (κ2) is 15.8. The van der Waals surface area contributed by atoms with Gasteiger partial charge in [0.1, 0.15) is 0 Å². The maximum Gasteiger partial charge on any atom is 0.414 e. The first-order valence-corrected chi connectivity index (χ1v) is 1.11. The van der Waals surface area contributed by atoms with Gasteiger partial charge in [0, 0.05) is 17.1 Å². The van der Waals surface area contributed by atoms with Crippen LogP contribution in [0.1, 0.15) is 0 Å². The molecule has 0 fully saturated rings. The van der Waals surface area contributed by atoms with E-state index in [9.17, 15) is 0 Å². The van der Waals surface area contributed by atoms with Crippen LogP contribution < -0.4 is 12.3 Å². The number of carbonyl (C=O) groups is 2. The molecule has 8 heteroatoms. The molecule has 66 valence electrons. The van der Waals surface area contributed by atoms with Crippen LogP contribution in [-0.4, -0.2) is 27.6 Å². The van der Waals surface area contributed by atoms with Crippen LogP contribution in [0.5, 0.6) is 0 Å². The molecule has 7 nitrogen and oxygen atoms in total. The van der Waals surface area contributed by atoms with Crippen LogP contribution in [0.2, 0.25) is 0 Å². The van der Waals surface area contributed by atoms with Crippen molar-refractivity contribution in [3.05, 3.63) is 0 Å². The van der Waals surface area contributed by atoms with Gasteiger partial charge in [-0.25, -0.2) is 9.59 Å². The van der Waals surface area contributed by atoms with Crippen molar-refractivity contribution < 1.29 is 42.3 Å². The Morgan fingerprint density at radius 1 is 0.900 bits per heavy atom. The van der Waals surface area contributed by atoms with Crippen LogP contribution in [0.15, 0.2) is 0 Å². The largest absolute Gasteiger partial charge is 0.473 e. The third kappa shape index (κ3) is 26.4. The fraction of sp³-hybridized carbons (Fsp3) is 0. The second-order valence-electron chi connectivity index (χ2n) is 0.610. The number of hydrogen-bond acceptors (Lipinski definition) is 4. The van der Waals surface area contributed by atoms with Gasteiger partial charge < -0.3 is 28.0 Å². The quantitative estimate of drug-likeness (QED) is 0.276. The number of hydrogen-bond donors (Lipinski definition) is 4. The van der Waals surface area contributed by atoms with Gasteiger partial charge in [0.05, 0.1) is 0 Å². The summed E-state index contributed by atoms with van der Waals surface area (Å²) < 4.78 is 0. The Kier molecular flexibility index (Phi) is 54.3. The van der Waals surface area contributed by atoms with E-state index in [0.717, 1.165) is 0 Å². The van der Waals surface area contributed by atoms with Crippen molar-refractivity contribution in [2.45, 2.75) is 0 Å². The van der Waals surface area contributed by atoms with Crippen LogP contribution >= 0.6 is 0 Å². The third-order valence-corrected chi connectivity index (χ3v) is 0.183. The molecule has 0 amide bonds. The van der Waals surface area contributed by atoms with Gasteiger partial charge in [-0.3, -0.25) is 0 Å². The Labute approximate surface area is 67.4 Å². The molecule has 0 rings (SSSR count). The maximum atomic E-state index is 9.10. The summed E-state index contributed by atoms with van der Waals surface area (Å²) in [6.07, 6.45) is 0.